The highest BCUT2D eigenvalue weighted by Crippen LogP contribution is 2.21. The molecule has 1 saturated heterocycles. The Balaban J connectivity index is 0.00000192. The summed E-state index contributed by atoms with van der Waals surface area (Å²) in [6.07, 6.45) is 5.51. The molecular weight excluding hydrogens is 310 g/mol. The molecule has 0 saturated carbocycles. The van der Waals surface area contributed by atoms with E-state index in [1.807, 2.05) is 0 Å². The lowest BCUT2D eigenvalue weighted by Crippen LogP contribution is -2.32. The van der Waals surface area contributed by atoms with Crippen LogP contribution in [-0.4, -0.2) is 36.1 Å². The monoisotopic (exact) mass is 335 g/mol. The molecule has 1 fully saturated rings. The molecule has 1 aliphatic rings. The van der Waals surface area contributed by atoms with Gasteiger partial charge < -0.3 is 9.73 Å². The van der Waals surface area contributed by atoms with E-state index in [1.54, 1.807) is 6.26 Å². The summed E-state index contributed by atoms with van der Waals surface area (Å²) < 4.78 is 5.65. The van der Waals surface area contributed by atoms with E-state index in [2.05, 4.69) is 53.4 Å². The van der Waals surface area contributed by atoms with Gasteiger partial charge in [-0.2, -0.15) is 0 Å². The Morgan fingerprint density at radius 3 is 2.78 bits per heavy atom. The van der Waals surface area contributed by atoms with E-state index < -0.39 is 0 Å². The molecule has 2 aromatic rings. The van der Waals surface area contributed by atoms with Crippen LogP contribution in [0.25, 0.3) is 11.5 Å². The van der Waals surface area contributed by atoms with Crippen molar-refractivity contribution < 1.29 is 4.42 Å². The van der Waals surface area contributed by atoms with Gasteiger partial charge in [0.25, 0.3) is 0 Å². The van der Waals surface area contributed by atoms with Crippen molar-refractivity contribution in [3.05, 3.63) is 41.8 Å². The minimum atomic E-state index is 0. The Kier molecular flexibility index (Phi) is 6.63. The second kappa shape index (κ2) is 8.48. The van der Waals surface area contributed by atoms with E-state index in [0.717, 1.165) is 30.9 Å². The molecule has 1 aromatic carbocycles. The predicted molar refractivity (Wildman–Crippen MR) is 95.9 cm³/mol. The lowest BCUT2D eigenvalue weighted by molar-refractivity contribution is 0.214. The quantitative estimate of drug-likeness (QED) is 0.926. The Labute approximate surface area is 144 Å². The van der Waals surface area contributed by atoms with Crippen LogP contribution in [0.4, 0.5) is 0 Å². The first-order valence-electron chi connectivity index (χ1n) is 8.15. The van der Waals surface area contributed by atoms with Crippen molar-refractivity contribution in [3.63, 3.8) is 0 Å². The largest absolute Gasteiger partial charge is 0.444 e. The van der Waals surface area contributed by atoms with Gasteiger partial charge in [0.2, 0.25) is 5.89 Å². The van der Waals surface area contributed by atoms with E-state index in [4.69, 9.17) is 4.42 Å². The van der Waals surface area contributed by atoms with Crippen LogP contribution < -0.4 is 5.32 Å². The minimum Gasteiger partial charge on any atom is -0.444 e. The number of oxazole rings is 1. The number of rotatable bonds is 4. The van der Waals surface area contributed by atoms with E-state index in [1.165, 1.54) is 24.8 Å². The molecule has 1 aliphatic heterocycles. The van der Waals surface area contributed by atoms with Gasteiger partial charge in [0.15, 0.2) is 0 Å². The molecular formula is C18H26ClN3O. The zero-order valence-electron chi connectivity index (χ0n) is 13.9. The number of benzene rings is 1. The molecule has 1 unspecified atom stereocenters. The second-order valence-corrected chi connectivity index (χ2v) is 6.26. The fourth-order valence-corrected chi connectivity index (χ4v) is 3.03. The first kappa shape index (κ1) is 18.0. The van der Waals surface area contributed by atoms with Crippen molar-refractivity contribution in [3.8, 4) is 11.5 Å². The number of aryl methyl sites for hydroxylation is 1. The first-order chi connectivity index (χ1) is 10.7. The number of hydrogen-bond acceptors (Lipinski definition) is 4. The van der Waals surface area contributed by atoms with Gasteiger partial charge in [-0.3, -0.25) is 4.90 Å². The van der Waals surface area contributed by atoms with Gasteiger partial charge in [0, 0.05) is 18.2 Å². The van der Waals surface area contributed by atoms with Crippen LogP contribution in [-0.2, 0) is 6.54 Å². The molecule has 1 aromatic heterocycles. The molecule has 1 N–H and O–H groups in total. The SMILES string of the molecule is Cc1ccc(-c2nc(CN(C)C3CCCNCC3)co2)cc1.Cl. The van der Waals surface area contributed by atoms with Crippen LogP contribution in [0, 0.1) is 6.92 Å². The van der Waals surface area contributed by atoms with Crippen molar-refractivity contribution in [2.75, 3.05) is 20.1 Å². The third-order valence-corrected chi connectivity index (χ3v) is 4.43. The summed E-state index contributed by atoms with van der Waals surface area (Å²) in [6, 6.07) is 8.93. The highest BCUT2D eigenvalue weighted by molar-refractivity contribution is 5.85. The van der Waals surface area contributed by atoms with Crippen molar-refractivity contribution in [2.45, 2.75) is 38.8 Å². The van der Waals surface area contributed by atoms with Gasteiger partial charge in [0.1, 0.15) is 6.26 Å². The van der Waals surface area contributed by atoms with E-state index in [-0.39, 0.29) is 12.4 Å². The number of aromatic nitrogens is 1. The van der Waals surface area contributed by atoms with Crippen LogP contribution in [0.1, 0.15) is 30.5 Å². The molecule has 4 nitrogen and oxygen atoms in total. The molecule has 5 heteroatoms. The normalized spacial score (nSPS) is 18.5. The summed E-state index contributed by atoms with van der Waals surface area (Å²) in [5.41, 5.74) is 3.30. The molecule has 0 radical (unpaired) electrons. The maximum Gasteiger partial charge on any atom is 0.226 e. The predicted octanol–water partition coefficient (Wildman–Crippen LogP) is 3.65. The van der Waals surface area contributed by atoms with Crippen LogP contribution in [0.5, 0.6) is 0 Å². The topological polar surface area (TPSA) is 41.3 Å². The summed E-state index contributed by atoms with van der Waals surface area (Å²) in [5, 5.41) is 3.47. The number of nitrogens with zero attached hydrogens (tertiary/aromatic N) is 2. The summed E-state index contributed by atoms with van der Waals surface area (Å²) in [5.74, 6) is 0.714. The summed E-state index contributed by atoms with van der Waals surface area (Å²) in [4.78, 5) is 7.05. The second-order valence-electron chi connectivity index (χ2n) is 6.26. The lowest BCUT2D eigenvalue weighted by atomic mass is 10.1. The van der Waals surface area contributed by atoms with Crippen molar-refractivity contribution >= 4 is 12.4 Å². The Morgan fingerprint density at radius 2 is 2.00 bits per heavy atom. The van der Waals surface area contributed by atoms with Crippen LogP contribution in [0.2, 0.25) is 0 Å². The molecule has 0 bridgehead atoms. The highest BCUT2D eigenvalue weighted by Gasteiger charge is 2.18. The lowest BCUT2D eigenvalue weighted by Gasteiger charge is -2.25. The molecule has 126 valence electrons. The fourth-order valence-electron chi connectivity index (χ4n) is 3.03. The van der Waals surface area contributed by atoms with Gasteiger partial charge in [-0.25, -0.2) is 4.98 Å². The Hall–Kier alpha value is -1.36. The maximum absolute atomic E-state index is 5.65. The number of nitrogens with one attached hydrogen (secondary N) is 1. The summed E-state index contributed by atoms with van der Waals surface area (Å²) in [6.45, 7) is 5.19. The smallest absolute Gasteiger partial charge is 0.226 e. The molecule has 1 atom stereocenters. The number of halogens is 1. The van der Waals surface area contributed by atoms with Crippen molar-refractivity contribution in [1.82, 2.24) is 15.2 Å². The van der Waals surface area contributed by atoms with Gasteiger partial charge in [0.05, 0.1) is 5.69 Å². The molecule has 3 rings (SSSR count). The zero-order valence-corrected chi connectivity index (χ0v) is 14.7. The van der Waals surface area contributed by atoms with Gasteiger partial charge in [-0.1, -0.05) is 17.7 Å². The third-order valence-electron chi connectivity index (χ3n) is 4.43. The highest BCUT2D eigenvalue weighted by atomic mass is 35.5. The van der Waals surface area contributed by atoms with Crippen LogP contribution >= 0.6 is 12.4 Å². The fraction of sp³-hybridized carbons (Fsp3) is 0.500. The number of hydrogen-bond donors (Lipinski definition) is 1. The average molecular weight is 336 g/mol. The van der Waals surface area contributed by atoms with E-state index in [0.29, 0.717) is 11.9 Å². The van der Waals surface area contributed by atoms with Crippen molar-refractivity contribution in [2.24, 2.45) is 0 Å². The first-order valence-corrected chi connectivity index (χ1v) is 8.15. The molecule has 0 amide bonds. The standard InChI is InChI=1S/C18H25N3O.ClH/c1-14-5-7-15(8-6-14)18-20-16(13-22-18)12-21(2)17-4-3-10-19-11-9-17;/h5-8,13,17,19H,3-4,9-12H2,1-2H3;1H. The summed E-state index contributed by atoms with van der Waals surface area (Å²) in [7, 11) is 2.19. The third kappa shape index (κ3) is 4.80. The van der Waals surface area contributed by atoms with Gasteiger partial charge in [-0.15, -0.1) is 12.4 Å². The van der Waals surface area contributed by atoms with E-state index in [9.17, 15) is 0 Å². The Bertz CT molecular complexity index is 589. The maximum atomic E-state index is 5.65. The Morgan fingerprint density at radius 1 is 1.22 bits per heavy atom. The molecule has 0 spiro atoms. The van der Waals surface area contributed by atoms with Gasteiger partial charge in [-0.05, 0) is 58.5 Å². The van der Waals surface area contributed by atoms with Crippen LogP contribution in [0.3, 0.4) is 0 Å². The molecule has 2 heterocycles. The average Bonchev–Trinajstić information content (AvgIpc) is 2.81. The van der Waals surface area contributed by atoms with Crippen LogP contribution in [0.15, 0.2) is 34.9 Å². The van der Waals surface area contributed by atoms with Crippen molar-refractivity contribution in [1.29, 1.82) is 0 Å². The summed E-state index contributed by atoms with van der Waals surface area (Å²) >= 11 is 0. The minimum absolute atomic E-state index is 0. The zero-order chi connectivity index (χ0) is 15.4. The van der Waals surface area contributed by atoms with E-state index >= 15 is 0 Å². The molecule has 0 aliphatic carbocycles. The molecule has 23 heavy (non-hydrogen) atoms. The van der Waals surface area contributed by atoms with Gasteiger partial charge >= 0.3 is 0 Å².